The third-order valence-electron chi connectivity index (χ3n) is 8.78. The zero-order valence-electron chi connectivity index (χ0n) is 22.2. The number of methoxy groups -OCH3 is 1. The minimum Gasteiger partial charge on any atom is -0.443 e. The van der Waals surface area contributed by atoms with Gasteiger partial charge >= 0.3 is 6.09 Å². The number of rotatable bonds is 10. The average molecular weight is 479 g/mol. The van der Waals surface area contributed by atoms with Gasteiger partial charge < -0.3 is 28.7 Å². The summed E-state index contributed by atoms with van der Waals surface area (Å²) in [5.41, 5.74) is 0.800. The van der Waals surface area contributed by atoms with Crippen LogP contribution < -0.4 is 0 Å². The molecule has 4 aliphatic rings. The highest BCUT2D eigenvalue weighted by Gasteiger charge is 2.72. The standard InChI is InChI=1S/C27H46N2O5/c1-7-28(8-2)15-12-20-13-16-29(17-20)25(30)33-21-11-14-27(18-32-27)24(23(21)31-6)26(5)22(34-26)10-9-19(3)4/h9,20-24H,7-8,10-18H2,1-6H3/t20?,21-,22-,23-,24?,26+,27+/m1/s1. The molecule has 3 heterocycles. The first-order valence-electron chi connectivity index (χ1n) is 13.4. The van der Waals surface area contributed by atoms with Gasteiger partial charge in [-0.1, -0.05) is 25.5 Å². The van der Waals surface area contributed by atoms with Crippen LogP contribution in [0.25, 0.3) is 0 Å². The molecule has 194 valence electrons. The largest absolute Gasteiger partial charge is 0.443 e. The molecule has 1 saturated carbocycles. The first kappa shape index (κ1) is 25.9. The number of hydrogen-bond donors (Lipinski definition) is 0. The summed E-state index contributed by atoms with van der Waals surface area (Å²) in [6.45, 7) is 16.4. The van der Waals surface area contributed by atoms with E-state index in [4.69, 9.17) is 18.9 Å². The molecule has 1 spiro atoms. The number of allylic oxidation sites excluding steroid dienone is 1. The lowest BCUT2D eigenvalue weighted by atomic mass is 9.68. The number of hydrogen-bond acceptors (Lipinski definition) is 6. The zero-order chi connectivity index (χ0) is 24.5. The minimum atomic E-state index is -0.308. The smallest absolute Gasteiger partial charge is 0.410 e. The van der Waals surface area contributed by atoms with Crippen molar-refractivity contribution >= 4 is 6.09 Å². The van der Waals surface area contributed by atoms with E-state index in [1.807, 2.05) is 4.90 Å². The van der Waals surface area contributed by atoms with E-state index in [1.54, 1.807) is 7.11 Å². The minimum absolute atomic E-state index is 0.0625. The van der Waals surface area contributed by atoms with Gasteiger partial charge in [0.15, 0.2) is 0 Å². The second kappa shape index (κ2) is 10.5. The van der Waals surface area contributed by atoms with E-state index in [2.05, 4.69) is 45.6 Å². The third-order valence-corrected chi connectivity index (χ3v) is 8.78. The Morgan fingerprint density at radius 2 is 1.97 bits per heavy atom. The SMILES string of the molecule is CCN(CC)CCC1CCN(C(=O)O[C@@H]2CC[C@]3(CO3)C([C@@]3(C)O[C@@H]3CC=C(C)C)[C@@H]2OC)C1. The number of amides is 1. The molecule has 0 aromatic heterocycles. The number of ether oxygens (including phenoxy) is 4. The second-order valence-electron chi connectivity index (χ2n) is 11.2. The Labute approximate surface area is 206 Å². The molecule has 0 bridgehead atoms. The predicted molar refractivity (Wildman–Crippen MR) is 132 cm³/mol. The van der Waals surface area contributed by atoms with Crippen molar-refractivity contribution in [2.24, 2.45) is 11.8 Å². The molecule has 1 aliphatic carbocycles. The number of likely N-dealkylation sites (tertiary alicyclic amines) is 1. The predicted octanol–water partition coefficient (Wildman–Crippen LogP) is 4.25. The van der Waals surface area contributed by atoms with Gasteiger partial charge in [0, 0.05) is 20.2 Å². The Hall–Kier alpha value is -1.15. The molecule has 0 aromatic carbocycles. The summed E-state index contributed by atoms with van der Waals surface area (Å²) in [4.78, 5) is 17.5. The van der Waals surface area contributed by atoms with Crippen molar-refractivity contribution in [1.82, 2.24) is 9.80 Å². The number of epoxide rings is 2. The van der Waals surface area contributed by atoms with Gasteiger partial charge in [-0.3, -0.25) is 0 Å². The van der Waals surface area contributed by atoms with E-state index in [1.165, 1.54) is 5.57 Å². The van der Waals surface area contributed by atoms with Gasteiger partial charge in [0.25, 0.3) is 0 Å². The molecule has 0 N–H and O–H groups in total. The van der Waals surface area contributed by atoms with Crippen LogP contribution in [0.4, 0.5) is 4.79 Å². The first-order chi connectivity index (χ1) is 16.3. The summed E-state index contributed by atoms with van der Waals surface area (Å²) in [7, 11) is 1.73. The normalized spacial score (nSPS) is 38.9. The topological polar surface area (TPSA) is 67.1 Å². The van der Waals surface area contributed by atoms with Crippen molar-refractivity contribution < 1.29 is 23.7 Å². The lowest BCUT2D eigenvalue weighted by Crippen LogP contribution is -2.56. The van der Waals surface area contributed by atoms with Gasteiger partial charge in [0.1, 0.15) is 23.4 Å². The van der Waals surface area contributed by atoms with Crippen LogP contribution in [0, 0.1) is 11.8 Å². The fourth-order valence-corrected chi connectivity index (χ4v) is 6.41. The Kier molecular flexibility index (Phi) is 7.97. The molecule has 4 fully saturated rings. The van der Waals surface area contributed by atoms with Crippen LogP contribution in [-0.2, 0) is 18.9 Å². The number of nitrogens with zero attached hydrogens (tertiary/aromatic N) is 2. The van der Waals surface area contributed by atoms with Crippen molar-refractivity contribution in [2.45, 2.75) is 96.2 Å². The molecule has 3 saturated heterocycles. The molecule has 3 aliphatic heterocycles. The average Bonchev–Trinajstić information content (AvgIpc) is 3.67. The van der Waals surface area contributed by atoms with Crippen molar-refractivity contribution in [1.29, 1.82) is 0 Å². The highest BCUT2D eigenvalue weighted by molar-refractivity contribution is 5.68. The first-order valence-corrected chi connectivity index (χ1v) is 13.4. The van der Waals surface area contributed by atoms with E-state index < -0.39 is 0 Å². The quantitative estimate of drug-likeness (QED) is 0.345. The van der Waals surface area contributed by atoms with E-state index in [-0.39, 0.29) is 41.5 Å². The van der Waals surface area contributed by atoms with Crippen LogP contribution in [-0.4, -0.2) is 91.8 Å². The second-order valence-corrected chi connectivity index (χ2v) is 11.2. The molecule has 2 unspecified atom stereocenters. The van der Waals surface area contributed by atoms with Crippen LogP contribution in [0.5, 0.6) is 0 Å². The lowest BCUT2D eigenvalue weighted by Gasteiger charge is -2.43. The van der Waals surface area contributed by atoms with Crippen molar-refractivity contribution in [2.75, 3.05) is 46.4 Å². The maximum Gasteiger partial charge on any atom is 0.410 e. The van der Waals surface area contributed by atoms with E-state index in [0.29, 0.717) is 5.92 Å². The van der Waals surface area contributed by atoms with Crippen molar-refractivity contribution in [3.8, 4) is 0 Å². The number of carbonyl (C=O) groups is 1. The summed E-state index contributed by atoms with van der Waals surface area (Å²) in [6, 6.07) is 0. The molecular weight excluding hydrogens is 432 g/mol. The van der Waals surface area contributed by atoms with Crippen molar-refractivity contribution in [3.63, 3.8) is 0 Å². The Morgan fingerprint density at radius 3 is 2.59 bits per heavy atom. The van der Waals surface area contributed by atoms with Gasteiger partial charge in [0.2, 0.25) is 0 Å². The van der Waals surface area contributed by atoms with Gasteiger partial charge in [-0.25, -0.2) is 4.79 Å². The van der Waals surface area contributed by atoms with Crippen LogP contribution in [0.2, 0.25) is 0 Å². The fourth-order valence-electron chi connectivity index (χ4n) is 6.41. The van der Waals surface area contributed by atoms with Crippen LogP contribution in [0.3, 0.4) is 0 Å². The molecule has 0 aromatic rings. The fraction of sp³-hybridized carbons (Fsp3) is 0.889. The molecule has 4 rings (SSSR count). The molecular formula is C27H46N2O5. The van der Waals surface area contributed by atoms with E-state index in [9.17, 15) is 4.79 Å². The Balaban J connectivity index is 1.35. The molecule has 0 radical (unpaired) electrons. The maximum atomic E-state index is 13.1. The zero-order valence-corrected chi connectivity index (χ0v) is 22.2. The molecule has 1 amide bonds. The summed E-state index contributed by atoms with van der Waals surface area (Å²) in [5.74, 6) is 0.621. The van der Waals surface area contributed by atoms with Gasteiger partial charge in [-0.15, -0.1) is 0 Å². The molecule has 7 atom stereocenters. The monoisotopic (exact) mass is 478 g/mol. The van der Waals surface area contributed by atoms with Gasteiger partial charge in [-0.2, -0.15) is 0 Å². The number of carbonyl (C=O) groups excluding carboxylic acids is 1. The highest BCUT2D eigenvalue weighted by Crippen LogP contribution is 2.59. The van der Waals surface area contributed by atoms with Crippen LogP contribution >= 0.6 is 0 Å². The summed E-state index contributed by atoms with van der Waals surface area (Å²) < 4.78 is 24.5. The summed E-state index contributed by atoms with van der Waals surface area (Å²) in [6.07, 6.45) is 6.48. The third kappa shape index (κ3) is 5.32. The molecule has 7 heteroatoms. The van der Waals surface area contributed by atoms with Gasteiger partial charge in [-0.05, 0) is 78.4 Å². The Bertz CT molecular complexity index is 745. The highest BCUT2D eigenvalue weighted by atomic mass is 16.6. The van der Waals surface area contributed by atoms with Crippen LogP contribution in [0.1, 0.15) is 66.7 Å². The summed E-state index contributed by atoms with van der Waals surface area (Å²) >= 11 is 0. The molecule has 34 heavy (non-hydrogen) atoms. The Morgan fingerprint density at radius 1 is 1.24 bits per heavy atom. The van der Waals surface area contributed by atoms with Gasteiger partial charge in [0.05, 0.1) is 18.6 Å². The molecule has 7 nitrogen and oxygen atoms in total. The maximum absolute atomic E-state index is 13.1. The van der Waals surface area contributed by atoms with E-state index >= 15 is 0 Å². The lowest BCUT2D eigenvalue weighted by molar-refractivity contribution is -0.121. The van der Waals surface area contributed by atoms with E-state index in [0.717, 1.165) is 71.4 Å². The van der Waals surface area contributed by atoms with Crippen LogP contribution in [0.15, 0.2) is 11.6 Å². The van der Waals surface area contributed by atoms with Crippen molar-refractivity contribution in [3.05, 3.63) is 11.6 Å². The summed E-state index contributed by atoms with van der Waals surface area (Å²) in [5, 5.41) is 0.